The number of nitrogens with one attached hydrogen (secondary N) is 1. The summed E-state index contributed by atoms with van der Waals surface area (Å²) in [5.41, 5.74) is 0. The minimum atomic E-state index is -0.246. The first-order valence-corrected chi connectivity index (χ1v) is 7.02. The standard InChI is InChI=1S/C5H10N.C3H8NO.Sb/c1-2-4-6-5-3-1;1-5-3-2-4;/h1-5H2;4H,2-3H2,1H3;/q2*-1;+2. The van der Waals surface area contributed by atoms with Gasteiger partial charge in [0.15, 0.2) is 0 Å². The summed E-state index contributed by atoms with van der Waals surface area (Å²) in [5.74, 6) is 0. The maximum absolute atomic E-state index is 4.97. The molecule has 4 heteroatoms. The van der Waals surface area contributed by atoms with E-state index in [0.29, 0.717) is 0 Å². The number of nitrogens with zero attached hydrogens (tertiary/aromatic N) is 1. The van der Waals surface area contributed by atoms with E-state index in [4.69, 9.17) is 4.74 Å². The fourth-order valence-electron chi connectivity index (χ4n) is 1.27. The van der Waals surface area contributed by atoms with E-state index in [9.17, 15) is 0 Å². The SMILES string of the molecule is COCC[NH][Sb][N]1CCCCC1. The number of rotatable bonds is 5. The molecule has 0 aliphatic carbocycles. The van der Waals surface area contributed by atoms with Gasteiger partial charge in [0.2, 0.25) is 0 Å². The summed E-state index contributed by atoms with van der Waals surface area (Å²) in [7, 11) is 1.76. The molecule has 0 unspecified atom stereocenters. The molecule has 0 aromatic heterocycles. The predicted octanol–water partition coefficient (Wildman–Crippen LogP) is 0.242. The number of hydrogen-bond acceptors (Lipinski definition) is 3. The van der Waals surface area contributed by atoms with Crippen molar-refractivity contribution in [3.8, 4) is 0 Å². The van der Waals surface area contributed by atoms with Gasteiger partial charge >= 0.3 is 86.1 Å². The Balaban J connectivity index is 1.91. The third kappa shape index (κ3) is 4.66. The number of ether oxygens (including phenoxy) is 1. The monoisotopic (exact) mass is 279 g/mol. The molecule has 1 rings (SSSR count). The van der Waals surface area contributed by atoms with Crippen molar-refractivity contribution < 1.29 is 4.74 Å². The van der Waals surface area contributed by atoms with Crippen LogP contribution in [0.3, 0.4) is 0 Å². The zero-order valence-electron chi connectivity index (χ0n) is 7.75. The third-order valence-corrected chi connectivity index (χ3v) is 4.95. The van der Waals surface area contributed by atoms with Gasteiger partial charge in [0, 0.05) is 0 Å². The molecule has 0 aromatic carbocycles. The fraction of sp³-hybridized carbons (Fsp3) is 1.00. The first-order chi connectivity index (χ1) is 5.93. The average Bonchev–Trinajstić information content (AvgIpc) is 2.14. The van der Waals surface area contributed by atoms with Crippen LogP contribution in [0.4, 0.5) is 0 Å². The van der Waals surface area contributed by atoms with Crippen molar-refractivity contribution >= 4 is 22.2 Å². The van der Waals surface area contributed by atoms with Crippen LogP contribution in [0.15, 0.2) is 0 Å². The molecule has 1 fully saturated rings. The minimum absolute atomic E-state index is 0.246. The number of methoxy groups -OCH3 is 1. The van der Waals surface area contributed by atoms with Crippen molar-refractivity contribution in [2.24, 2.45) is 0 Å². The Bertz CT molecular complexity index is 107. The molecule has 0 aromatic rings. The third-order valence-electron chi connectivity index (χ3n) is 1.96. The number of hydrogen-bond donors (Lipinski definition) is 1. The van der Waals surface area contributed by atoms with Gasteiger partial charge in [-0.15, -0.1) is 0 Å². The van der Waals surface area contributed by atoms with Crippen molar-refractivity contribution in [1.29, 1.82) is 0 Å². The maximum atomic E-state index is 4.97. The molecule has 0 atom stereocenters. The van der Waals surface area contributed by atoms with E-state index in [1.807, 2.05) is 0 Å². The Morgan fingerprint density at radius 2 is 2.08 bits per heavy atom. The Morgan fingerprint density at radius 3 is 2.75 bits per heavy atom. The second kappa shape index (κ2) is 7.14. The summed E-state index contributed by atoms with van der Waals surface area (Å²) in [4.78, 5) is 0. The molecule has 0 amide bonds. The first kappa shape index (κ1) is 10.8. The Kier molecular flexibility index (Phi) is 6.41. The van der Waals surface area contributed by atoms with Gasteiger partial charge in [-0.3, -0.25) is 0 Å². The summed E-state index contributed by atoms with van der Waals surface area (Å²) in [6.45, 7) is 4.54. The second-order valence-electron chi connectivity index (χ2n) is 3.02. The molecule has 0 bridgehead atoms. The van der Waals surface area contributed by atoms with Crippen molar-refractivity contribution in [3.63, 3.8) is 0 Å². The summed E-state index contributed by atoms with van der Waals surface area (Å²) in [6.07, 6.45) is 4.24. The molecule has 3 nitrogen and oxygen atoms in total. The van der Waals surface area contributed by atoms with Crippen molar-refractivity contribution in [2.75, 3.05) is 33.4 Å². The zero-order chi connectivity index (χ0) is 8.65. The molecule has 0 spiro atoms. The average molecular weight is 280 g/mol. The molecular formula is C8H18N2OSb. The van der Waals surface area contributed by atoms with E-state index in [0.717, 1.165) is 13.2 Å². The fourth-order valence-corrected chi connectivity index (χ4v) is 3.77. The van der Waals surface area contributed by atoms with E-state index >= 15 is 0 Å². The molecule has 12 heavy (non-hydrogen) atoms. The van der Waals surface area contributed by atoms with Gasteiger partial charge in [0.1, 0.15) is 0 Å². The summed E-state index contributed by atoms with van der Waals surface area (Å²) < 4.78 is 11.1. The van der Waals surface area contributed by atoms with Crippen LogP contribution in [0.25, 0.3) is 0 Å². The molecule has 1 heterocycles. The van der Waals surface area contributed by atoms with Gasteiger partial charge in [-0.2, -0.15) is 0 Å². The molecular weight excluding hydrogens is 262 g/mol. The molecule has 1 aliphatic heterocycles. The Labute approximate surface area is 86.1 Å². The summed E-state index contributed by atoms with van der Waals surface area (Å²) >= 11 is -0.246. The van der Waals surface area contributed by atoms with Crippen molar-refractivity contribution in [3.05, 3.63) is 0 Å². The molecule has 1 radical (unpaired) electrons. The molecule has 71 valence electrons. The summed E-state index contributed by atoms with van der Waals surface area (Å²) in [6, 6.07) is 0. The van der Waals surface area contributed by atoms with Crippen LogP contribution in [-0.4, -0.2) is 58.6 Å². The van der Waals surface area contributed by atoms with Crippen LogP contribution in [0, 0.1) is 0 Å². The van der Waals surface area contributed by atoms with E-state index in [2.05, 4.69) is 6.53 Å². The van der Waals surface area contributed by atoms with Crippen LogP contribution < -0.4 is 3.48 Å². The van der Waals surface area contributed by atoms with E-state index in [-0.39, 0.29) is 22.2 Å². The van der Waals surface area contributed by atoms with Crippen LogP contribution in [-0.2, 0) is 4.74 Å². The van der Waals surface area contributed by atoms with E-state index in [1.165, 1.54) is 32.4 Å². The number of piperidine rings is 1. The van der Waals surface area contributed by atoms with Crippen molar-refractivity contribution in [1.82, 2.24) is 6.53 Å². The van der Waals surface area contributed by atoms with Crippen molar-refractivity contribution in [2.45, 2.75) is 19.3 Å². The second-order valence-corrected chi connectivity index (χ2v) is 6.10. The molecule has 1 N–H and O–H groups in total. The topological polar surface area (TPSA) is 24.5 Å². The normalized spacial score (nSPS) is 19.8. The van der Waals surface area contributed by atoms with E-state index in [1.54, 1.807) is 7.11 Å². The zero-order valence-corrected chi connectivity index (χ0v) is 10.3. The Morgan fingerprint density at radius 1 is 1.33 bits per heavy atom. The van der Waals surface area contributed by atoms with Gasteiger partial charge in [-0.05, 0) is 0 Å². The molecule has 0 saturated carbocycles. The van der Waals surface area contributed by atoms with Gasteiger partial charge < -0.3 is 0 Å². The quantitative estimate of drug-likeness (QED) is 0.577. The van der Waals surface area contributed by atoms with Gasteiger partial charge in [0.05, 0.1) is 0 Å². The van der Waals surface area contributed by atoms with Gasteiger partial charge in [0.25, 0.3) is 0 Å². The van der Waals surface area contributed by atoms with Crippen LogP contribution >= 0.6 is 0 Å². The van der Waals surface area contributed by atoms with Gasteiger partial charge in [-0.1, -0.05) is 0 Å². The molecule has 1 saturated heterocycles. The van der Waals surface area contributed by atoms with Crippen LogP contribution in [0.5, 0.6) is 0 Å². The summed E-state index contributed by atoms with van der Waals surface area (Å²) in [5, 5.41) is 0. The van der Waals surface area contributed by atoms with Gasteiger partial charge in [-0.25, -0.2) is 0 Å². The Hall–Kier alpha value is 0.698. The van der Waals surface area contributed by atoms with E-state index < -0.39 is 0 Å². The molecule has 1 aliphatic rings. The van der Waals surface area contributed by atoms with Crippen LogP contribution in [0.2, 0.25) is 0 Å². The predicted molar refractivity (Wildman–Crippen MR) is 51.1 cm³/mol. The first-order valence-electron chi connectivity index (χ1n) is 4.61. The van der Waals surface area contributed by atoms with Crippen LogP contribution in [0.1, 0.15) is 19.3 Å².